The molecule has 1 aliphatic heterocycles. The van der Waals surface area contributed by atoms with E-state index >= 15 is 0 Å². The molecule has 8 nitrogen and oxygen atoms in total. The third-order valence-corrected chi connectivity index (χ3v) is 5.56. The fourth-order valence-electron chi connectivity index (χ4n) is 3.63. The van der Waals surface area contributed by atoms with E-state index in [0.717, 1.165) is 0 Å². The van der Waals surface area contributed by atoms with Gasteiger partial charge < -0.3 is 30.2 Å². The summed E-state index contributed by atoms with van der Waals surface area (Å²) >= 11 is 0. The fraction of sp³-hybridized carbons (Fsp3) is 0.455. The smallest absolute Gasteiger partial charge is 0.312 e. The van der Waals surface area contributed by atoms with Gasteiger partial charge in [0.15, 0.2) is 5.82 Å². The summed E-state index contributed by atoms with van der Waals surface area (Å²) in [5, 5.41) is 2.46. The Morgan fingerprint density at radius 1 is 1.36 bits per heavy atom. The van der Waals surface area contributed by atoms with Crippen molar-refractivity contribution in [1.29, 1.82) is 0 Å². The number of halogens is 3. The first kappa shape index (κ1) is 22.8. The zero-order chi connectivity index (χ0) is 23.8. The second kappa shape index (κ2) is 8.87. The highest BCUT2D eigenvalue weighted by atomic mass is 19.3. The number of nitrogens with one attached hydrogen (secondary N) is 1. The molecule has 1 aromatic heterocycles. The second-order valence-electron chi connectivity index (χ2n) is 8.27. The number of carbonyl (C=O) groups is 1. The summed E-state index contributed by atoms with van der Waals surface area (Å²) in [7, 11) is 1.74. The predicted octanol–water partition coefficient (Wildman–Crippen LogP) is 3.61. The van der Waals surface area contributed by atoms with Gasteiger partial charge in [-0.2, -0.15) is 0 Å². The van der Waals surface area contributed by atoms with Gasteiger partial charge in [0.2, 0.25) is 6.23 Å². The average molecular weight is 466 g/mol. The number of rotatable bonds is 9. The molecule has 33 heavy (non-hydrogen) atoms. The van der Waals surface area contributed by atoms with E-state index in [0.29, 0.717) is 17.2 Å². The highest BCUT2D eigenvalue weighted by Crippen LogP contribution is 2.50. The number of primary amides is 1. The van der Waals surface area contributed by atoms with Crippen LogP contribution < -0.4 is 30.2 Å². The van der Waals surface area contributed by atoms with Crippen molar-refractivity contribution in [1.82, 2.24) is 10.3 Å². The van der Waals surface area contributed by atoms with Gasteiger partial charge in [-0.15, -0.1) is 0 Å². The Balaban J connectivity index is 1.37. The van der Waals surface area contributed by atoms with E-state index < -0.39 is 29.9 Å². The number of hydrogen-bond acceptors (Lipinski definition) is 6. The van der Waals surface area contributed by atoms with Crippen molar-refractivity contribution < 1.29 is 32.2 Å². The molecule has 2 aromatic rings. The van der Waals surface area contributed by atoms with Gasteiger partial charge in [-0.3, -0.25) is 0 Å². The highest BCUT2D eigenvalue weighted by Gasteiger charge is 2.56. The number of hydrogen-bond donors (Lipinski definition) is 2. The SMILES string of the molecule is C[C@@H](COc1cnc(C2Oc3cc(OCCC4CC4(F)F)ccc3N2C)c(F)c1)NC(N)=O. The molecule has 0 saturated heterocycles. The molecule has 1 fully saturated rings. The first-order chi connectivity index (χ1) is 15.6. The van der Waals surface area contributed by atoms with E-state index in [1.165, 1.54) is 12.3 Å². The normalized spacial score (nSPS) is 21.1. The van der Waals surface area contributed by atoms with Gasteiger partial charge >= 0.3 is 6.03 Å². The van der Waals surface area contributed by atoms with Crippen molar-refractivity contribution in [3.05, 3.63) is 42.0 Å². The predicted molar refractivity (Wildman–Crippen MR) is 113 cm³/mol. The van der Waals surface area contributed by atoms with Gasteiger partial charge in [0, 0.05) is 31.5 Å². The molecule has 2 unspecified atom stereocenters. The number of anilines is 1. The summed E-state index contributed by atoms with van der Waals surface area (Å²) in [6.45, 7) is 1.97. The second-order valence-corrected chi connectivity index (χ2v) is 8.27. The fourth-order valence-corrected chi connectivity index (χ4v) is 3.63. The minimum absolute atomic E-state index is 0.0720. The number of amides is 2. The number of aromatic nitrogens is 1. The van der Waals surface area contributed by atoms with Gasteiger partial charge in [-0.1, -0.05) is 0 Å². The average Bonchev–Trinajstić information content (AvgIpc) is 3.22. The number of pyridine rings is 1. The third-order valence-electron chi connectivity index (χ3n) is 5.56. The summed E-state index contributed by atoms with van der Waals surface area (Å²) in [4.78, 5) is 16.7. The molecular formula is C22H25F3N4O4. The van der Waals surface area contributed by atoms with Crippen molar-refractivity contribution in [2.75, 3.05) is 25.2 Å². The van der Waals surface area contributed by atoms with Crippen LogP contribution in [0.1, 0.15) is 31.7 Å². The Hall–Kier alpha value is -3.37. The Morgan fingerprint density at radius 3 is 2.79 bits per heavy atom. The molecule has 2 heterocycles. The standard InChI is InChI=1S/C22H25F3N4O4/c1-12(28-21(26)30)11-32-15-7-16(23)19(27-10-15)20-29(2)17-4-3-14(8-18(17)33-20)31-6-5-13-9-22(13,24)25/h3-4,7-8,10,12-13,20H,5-6,9,11H2,1-2H3,(H3,26,28,30)/t12-,13?,20?/m0/s1. The van der Waals surface area contributed by atoms with Gasteiger partial charge in [0.1, 0.15) is 29.5 Å². The van der Waals surface area contributed by atoms with Crippen LogP contribution in [0.3, 0.4) is 0 Å². The Kier molecular flexibility index (Phi) is 6.13. The lowest BCUT2D eigenvalue weighted by atomic mass is 10.2. The molecule has 0 bridgehead atoms. The van der Waals surface area contributed by atoms with E-state index in [4.69, 9.17) is 19.9 Å². The maximum Gasteiger partial charge on any atom is 0.312 e. The quantitative estimate of drug-likeness (QED) is 0.586. The van der Waals surface area contributed by atoms with Crippen molar-refractivity contribution in [3.63, 3.8) is 0 Å². The van der Waals surface area contributed by atoms with Crippen molar-refractivity contribution >= 4 is 11.7 Å². The van der Waals surface area contributed by atoms with Crippen LogP contribution in [-0.2, 0) is 0 Å². The molecule has 2 amide bonds. The number of fused-ring (bicyclic) bond motifs is 1. The minimum Gasteiger partial charge on any atom is -0.493 e. The summed E-state index contributed by atoms with van der Waals surface area (Å²) in [6.07, 6.45) is 0.776. The number of ether oxygens (including phenoxy) is 3. The van der Waals surface area contributed by atoms with Gasteiger partial charge in [0.05, 0.1) is 24.5 Å². The monoisotopic (exact) mass is 466 g/mol. The van der Waals surface area contributed by atoms with Crippen LogP contribution in [0.25, 0.3) is 0 Å². The number of alkyl halides is 2. The number of benzene rings is 1. The third kappa shape index (κ3) is 5.18. The Labute approximate surface area is 188 Å². The van der Waals surface area contributed by atoms with E-state index in [1.54, 1.807) is 37.1 Å². The number of urea groups is 1. The number of nitrogens with zero attached hydrogens (tertiary/aromatic N) is 2. The first-order valence-corrected chi connectivity index (χ1v) is 10.5. The van der Waals surface area contributed by atoms with Crippen molar-refractivity contribution in [2.24, 2.45) is 11.7 Å². The van der Waals surface area contributed by atoms with E-state index in [-0.39, 0.29) is 43.5 Å². The van der Waals surface area contributed by atoms with Crippen LogP contribution in [0.4, 0.5) is 23.7 Å². The van der Waals surface area contributed by atoms with Crippen molar-refractivity contribution in [2.45, 2.75) is 38.0 Å². The molecule has 1 aliphatic carbocycles. The van der Waals surface area contributed by atoms with Crippen LogP contribution in [0.15, 0.2) is 30.5 Å². The molecule has 3 atom stereocenters. The molecule has 1 saturated carbocycles. The molecule has 3 N–H and O–H groups in total. The maximum atomic E-state index is 14.8. The van der Waals surface area contributed by atoms with Crippen LogP contribution in [0.5, 0.6) is 17.2 Å². The molecule has 11 heteroatoms. The molecule has 178 valence electrons. The van der Waals surface area contributed by atoms with E-state index in [1.807, 2.05) is 0 Å². The molecule has 4 rings (SSSR count). The van der Waals surface area contributed by atoms with Crippen LogP contribution in [0, 0.1) is 11.7 Å². The topological polar surface area (TPSA) is 98.9 Å². The first-order valence-electron chi connectivity index (χ1n) is 10.5. The van der Waals surface area contributed by atoms with E-state index in [2.05, 4.69) is 10.3 Å². The van der Waals surface area contributed by atoms with Crippen molar-refractivity contribution in [3.8, 4) is 17.2 Å². The minimum atomic E-state index is -2.56. The van der Waals surface area contributed by atoms with Gasteiger partial charge in [-0.05, 0) is 25.5 Å². The van der Waals surface area contributed by atoms with Crippen LogP contribution in [-0.4, -0.2) is 43.2 Å². The number of nitrogens with two attached hydrogens (primary N) is 1. The molecule has 0 spiro atoms. The lowest BCUT2D eigenvalue weighted by molar-refractivity contribution is 0.0930. The molecular weight excluding hydrogens is 441 g/mol. The molecule has 0 radical (unpaired) electrons. The maximum absolute atomic E-state index is 14.8. The lowest BCUT2D eigenvalue weighted by Crippen LogP contribution is -2.40. The summed E-state index contributed by atoms with van der Waals surface area (Å²) < 4.78 is 57.7. The van der Waals surface area contributed by atoms with E-state index in [9.17, 15) is 18.0 Å². The number of carbonyl (C=O) groups excluding carboxylic acids is 1. The summed E-state index contributed by atoms with van der Waals surface area (Å²) in [6, 6.07) is 5.29. The summed E-state index contributed by atoms with van der Waals surface area (Å²) in [5.41, 5.74) is 5.84. The largest absolute Gasteiger partial charge is 0.493 e. The van der Waals surface area contributed by atoms with Crippen LogP contribution >= 0.6 is 0 Å². The van der Waals surface area contributed by atoms with Crippen LogP contribution in [0.2, 0.25) is 0 Å². The Bertz CT molecular complexity index is 1040. The highest BCUT2D eigenvalue weighted by molar-refractivity contribution is 5.71. The van der Waals surface area contributed by atoms with Gasteiger partial charge in [-0.25, -0.2) is 22.9 Å². The van der Waals surface area contributed by atoms with Gasteiger partial charge in [0.25, 0.3) is 5.92 Å². The molecule has 1 aromatic carbocycles. The zero-order valence-corrected chi connectivity index (χ0v) is 18.2. The lowest BCUT2D eigenvalue weighted by Gasteiger charge is -2.20. The Morgan fingerprint density at radius 2 is 2.12 bits per heavy atom. The molecule has 2 aliphatic rings. The zero-order valence-electron chi connectivity index (χ0n) is 18.2. The summed E-state index contributed by atoms with van der Waals surface area (Å²) in [5.74, 6) is -2.62.